The van der Waals surface area contributed by atoms with E-state index < -0.39 is 12.1 Å². The Kier molecular flexibility index (Phi) is 2.85. The number of fused-ring (bicyclic) bond motifs is 1. The van der Waals surface area contributed by atoms with Gasteiger partial charge in [-0.2, -0.15) is 0 Å². The first kappa shape index (κ1) is 10.6. The van der Waals surface area contributed by atoms with Crippen LogP contribution in [-0.4, -0.2) is 30.4 Å². The Morgan fingerprint density at radius 1 is 1.38 bits per heavy atom. The second-order valence-electron chi connectivity index (χ2n) is 3.40. The molecule has 0 bridgehead atoms. The Morgan fingerprint density at radius 3 is 2.75 bits per heavy atom. The molecule has 0 amide bonds. The van der Waals surface area contributed by atoms with Crippen LogP contribution in [0.4, 0.5) is 0 Å². The maximum atomic E-state index is 10.6. The van der Waals surface area contributed by atoms with Crippen molar-refractivity contribution in [3.05, 3.63) is 18.2 Å². The molecule has 0 aliphatic carbocycles. The number of hydrogen-bond acceptors (Lipinski definition) is 4. The molecule has 1 aliphatic rings. The molecule has 0 aromatic heterocycles. The van der Waals surface area contributed by atoms with Crippen molar-refractivity contribution in [2.75, 3.05) is 13.2 Å². The molecule has 1 aromatic carbocycles. The van der Waals surface area contributed by atoms with Crippen LogP contribution in [0.2, 0.25) is 0 Å². The second kappa shape index (κ2) is 4.30. The van der Waals surface area contributed by atoms with Gasteiger partial charge in [0.25, 0.3) is 0 Å². The summed E-state index contributed by atoms with van der Waals surface area (Å²) in [5.41, 5.74) is 0. The van der Waals surface area contributed by atoms with Crippen LogP contribution in [-0.2, 0) is 4.79 Å². The van der Waals surface area contributed by atoms with Crippen molar-refractivity contribution in [3.63, 3.8) is 0 Å². The van der Waals surface area contributed by atoms with Crippen LogP contribution in [0.15, 0.2) is 18.2 Å². The zero-order valence-electron chi connectivity index (χ0n) is 8.80. The van der Waals surface area contributed by atoms with Gasteiger partial charge in [-0.05, 0) is 19.1 Å². The molecule has 1 heterocycles. The van der Waals surface area contributed by atoms with Crippen molar-refractivity contribution in [1.82, 2.24) is 0 Å². The summed E-state index contributed by atoms with van der Waals surface area (Å²) < 4.78 is 15.9. The van der Waals surface area contributed by atoms with E-state index in [9.17, 15) is 4.79 Å². The highest BCUT2D eigenvalue weighted by Crippen LogP contribution is 2.33. The molecular formula is C11H12O5. The van der Waals surface area contributed by atoms with Gasteiger partial charge in [0.2, 0.25) is 0 Å². The molecule has 1 atom stereocenters. The maximum Gasteiger partial charge on any atom is 0.344 e. The summed E-state index contributed by atoms with van der Waals surface area (Å²) in [6.07, 6.45) is -0.887. The van der Waals surface area contributed by atoms with Gasteiger partial charge in [-0.25, -0.2) is 4.79 Å². The van der Waals surface area contributed by atoms with E-state index in [1.807, 2.05) is 0 Å². The first-order chi connectivity index (χ1) is 7.66. The summed E-state index contributed by atoms with van der Waals surface area (Å²) in [6, 6.07) is 5.00. The third-order valence-electron chi connectivity index (χ3n) is 2.17. The number of carboxylic acids is 1. The number of carbonyl (C=O) groups is 1. The van der Waals surface area contributed by atoms with Crippen LogP contribution in [0.25, 0.3) is 0 Å². The molecule has 1 aromatic rings. The molecule has 0 saturated carbocycles. The number of hydrogen-bond donors (Lipinski definition) is 1. The lowest BCUT2D eigenvalue weighted by atomic mass is 10.3. The molecule has 1 N–H and O–H groups in total. The van der Waals surface area contributed by atoms with E-state index in [-0.39, 0.29) is 0 Å². The van der Waals surface area contributed by atoms with Gasteiger partial charge in [-0.1, -0.05) is 0 Å². The summed E-state index contributed by atoms with van der Waals surface area (Å²) in [6.45, 7) is 2.49. The molecule has 5 heteroatoms. The second-order valence-corrected chi connectivity index (χ2v) is 3.40. The predicted molar refractivity (Wildman–Crippen MR) is 55.2 cm³/mol. The number of benzene rings is 1. The smallest absolute Gasteiger partial charge is 0.344 e. The lowest BCUT2D eigenvalue weighted by molar-refractivity contribution is -0.144. The van der Waals surface area contributed by atoms with Crippen LogP contribution in [0.5, 0.6) is 17.2 Å². The summed E-state index contributed by atoms with van der Waals surface area (Å²) >= 11 is 0. The van der Waals surface area contributed by atoms with Gasteiger partial charge in [0.05, 0.1) is 0 Å². The van der Waals surface area contributed by atoms with Gasteiger partial charge in [-0.15, -0.1) is 0 Å². The fourth-order valence-corrected chi connectivity index (χ4v) is 1.35. The number of ether oxygens (including phenoxy) is 3. The van der Waals surface area contributed by atoms with E-state index in [4.69, 9.17) is 19.3 Å². The first-order valence-electron chi connectivity index (χ1n) is 4.96. The maximum absolute atomic E-state index is 10.6. The Hall–Kier alpha value is -1.91. The van der Waals surface area contributed by atoms with E-state index in [1.54, 1.807) is 18.2 Å². The van der Waals surface area contributed by atoms with Crippen LogP contribution < -0.4 is 14.2 Å². The van der Waals surface area contributed by atoms with Crippen LogP contribution in [0.1, 0.15) is 6.92 Å². The fourth-order valence-electron chi connectivity index (χ4n) is 1.35. The number of carboxylic acid groups (broad SMARTS) is 1. The van der Waals surface area contributed by atoms with E-state index in [1.165, 1.54) is 6.92 Å². The van der Waals surface area contributed by atoms with Gasteiger partial charge >= 0.3 is 5.97 Å². The SMILES string of the molecule is CC(Oc1ccc2c(c1)OCCO2)C(=O)O. The third-order valence-corrected chi connectivity index (χ3v) is 2.17. The highest BCUT2D eigenvalue weighted by molar-refractivity contribution is 5.72. The largest absolute Gasteiger partial charge is 0.486 e. The molecule has 86 valence electrons. The molecule has 16 heavy (non-hydrogen) atoms. The molecule has 0 radical (unpaired) electrons. The predicted octanol–water partition coefficient (Wildman–Crippen LogP) is 1.31. The molecule has 0 saturated heterocycles. The van der Waals surface area contributed by atoms with Crippen molar-refractivity contribution in [2.45, 2.75) is 13.0 Å². The molecule has 1 aliphatic heterocycles. The number of rotatable bonds is 3. The molecule has 0 spiro atoms. The third kappa shape index (κ3) is 2.18. The van der Waals surface area contributed by atoms with Crippen molar-refractivity contribution in [3.8, 4) is 17.2 Å². The summed E-state index contributed by atoms with van der Waals surface area (Å²) in [4.78, 5) is 10.6. The van der Waals surface area contributed by atoms with Gasteiger partial charge in [0.1, 0.15) is 19.0 Å². The topological polar surface area (TPSA) is 65.0 Å². The Labute approximate surface area is 92.5 Å². The van der Waals surface area contributed by atoms with Crippen molar-refractivity contribution in [1.29, 1.82) is 0 Å². The molecule has 2 rings (SSSR count). The Balaban J connectivity index is 2.14. The van der Waals surface area contributed by atoms with Gasteiger partial charge < -0.3 is 19.3 Å². The standard InChI is InChI=1S/C11H12O5/c1-7(11(12)13)16-8-2-3-9-10(6-8)15-5-4-14-9/h2-3,6-7H,4-5H2,1H3,(H,12,13). The quantitative estimate of drug-likeness (QED) is 0.838. The minimum absolute atomic E-state index is 0.458. The minimum atomic E-state index is -1.00. The summed E-state index contributed by atoms with van der Waals surface area (Å²) in [5, 5.41) is 8.70. The summed E-state index contributed by atoms with van der Waals surface area (Å²) in [5.74, 6) is 0.692. The molecular weight excluding hydrogens is 212 g/mol. The average molecular weight is 224 g/mol. The van der Waals surface area contributed by atoms with E-state index in [0.717, 1.165) is 0 Å². The zero-order chi connectivity index (χ0) is 11.5. The van der Waals surface area contributed by atoms with Gasteiger partial charge in [0.15, 0.2) is 17.6 Å². The monoisotopic (exact) mass is 224 g/mol. The van der Waals surface area contributed by atoms with Crippen molar-refractivity contribution < 1.29 is 24.1 Å². The van der Waals surface area contributed by atoms with Crippen molar-refractivity contribution >= 4 is 5.97 Å². The Morgan fingerprint density at radius 2 is 2.06 bits per heavy atom. The minimum Gasteiger partial charge on any atom is -0.486 e. The van der Waals surface area contributed by atoms with E-state index >= 15 is 0 Å². The normalized spacial score (nSPS) is 15.3. The molecule has 0 fully saturated rings. The lowest BCUT2D eigenvalue weighted by Gasteiger charge is -2.19. The average Bonchev–Trinajstić information content (AvgIpc) is 2.28. The molecule has 5 nitrogen and oxygen atoms in total. The fraction of sp³-hybridized carbons (Fsp3) is 0.364. The highest BCUT2D eigenvalue weighted by atomic mass is 16.6. The van der Waals surface area contributed by atoms with Crippen LogP contribution in [0, 0.1) is 0 Å². The van der Waals surface area contributed by atoms with Gasteiger partial charge in [0, 0.05) is 6.07 Å². The number of aliphatic carboxylic acids is 1. The van der Waals surface area contributed by atoms with Crippen molar-refractivity contribution in [2.24, 2.45) is 0 Å². The van der Waals surface area contributed by atoms with Crippen LogP contribution in [0.3, 0.4) is 0 Å². The van der Waals surface area contributed by atoms with Crippen LogP contribution >= 0.6 is 0 Å². The highest BCUT2D eigenvalue weighted by Gasteiger charge is 2.16. The van der Waals surface area contributed by atoms with E-state index in [2.05, 4.69) is 0 Å². The molecule has 1 unspecified atom stereocenters. The Bertz CT molecular complexity index is 401. The lowest BCUT2D eigenvalue weighted by Crippen LogP contribution is -2.23. The zero-order valence-corrected chi connectivity index (χ0v) is 8.80. The van der Waals surface area contributed by atoms with E-state index in [0.29, 0.717) is 30.5 Å². The summed E-state index contributed by atoms with van der Waals surface area (Å²) in [7, 11) is 0. The first-order valence-corrected chi connectivity index (χ1v) is 4.96. The van der Waals surface area contributed by atoms with Gasteiger partial charge in [-0.3, -0.25) is 0 Å².